The SMILES string of the molecule is C1CSCC(NCCN2CCOCC2)C1. The number of nitrogens with one attached hydrogen (secondary N) is 1. The number of morpholine rings is 1. The maximum atomic E-state index is 5.33. The molecule has 1 unspecified atom stereocenters. The van der Waals surface area contributed by atoms with E-state index in [0.29, 0.717) is 0 Å². The summed E-state index contributed by atoms with van der Waals surface area (Å²) in [6.45, 7) is 6.39. The summed E-state index contributed by atoms with van der Waals surface area (Å²) in [5.41, 5.74) is 0. The van der Waals surface area contributed by atoms with Crippen LogP contribution in [0.1, 0.15) is 12.8 Å². The molecule has 0 bridgehead atoms. The Morgan fingerprint density at radius 1 is 1.33 bits per heavy atom. The second-order valence-electron chi connectivity index (χ2n) is 4.32. The number of hydrogen-bond donors (Lipinski definition) is 1. The van der Waals surface area contributed by atoms with E-state index < -0.39 is 0 Å². The van der Waals surface area contributed by atoms with Crippen LogP contribution in [0, 0.1) is 0 Å². The molecule has 2 aliphatic heterocycles. The minimum atomic E-state index is 0.768. The van der Waals surface area contributed by atoms with Gasteiger partial charge in [0.15, 0.2) is 0 Å². The van der Waals surface area contributed by atoms with Gasteiger partial charge in [0.1, 0.15) is 0 Å². The van der Waals surface area contributed by atoms with Crippen LogP contribution in [0.25, 0.3) is 0 Å². The third kappa shape index (κ3) is 4.31. The molecule has 0 aromatic carbocycles. The van der Waals surface area contributed by atoms with Gasteiger partial charge in [-0.3, -0.25) is 4.90 Å². The number of rotatable bonds is 4. The summed E-state index contributed by atoms with van der Waals surface area (Å²) in [6.07, 6.45) is 2.76. The third-order valence-electron chi connectivity index (χ3n) is 3.13. The average molecular weight is 230 g/mol. The number of nitrogens with zero attached hydrogens (tertiary/aromatic N) is 1. The Hall–Kier alpha value is 0.230. The Morgan fingerprint density at radius 3 is 2.93 bits per heavy atom. The minimum Gasteiger partial charge on any atom is -0.379 e. The first-order valence-corrected chi connectivity index (χ1v) is 7.22. The van der Waals surface area contributed by atoms with Gasteiger partial charge in [0, 0.05) is 38.0 Å². The minimum absolute atomic E-state index is 0.768. The molecule has 1 N–H and O–H groups in total. The first kappa shape index (κ1) is 11.7. The lowest BCUT2D eigenvalue weighted by Crippen LogP contribution is -2.43. The van der Waals surface area contributed by atoms with Gasteiger partial charge in [0.25, 0.3) is 0 Å². The van der Waals surface area contributed by atoms with Gasteiger partial charge in [0.05, 0.1) is 13.2 Å². The Bertz CT molecular complexity index is 150. The van der Waals surface area contributed by atoms with Gasteiger partial charge in [-0.05, 0) is 18.6 Å². The van der Waals surface area contributed by atoms with Crippen molar-refractivity contribution < 1.29 is 4.74 Å². The largest absolute Gasteiger partial charge is 0.379 e. The molecule has 0 radical (unpaired) electrons. The van der Waals surface area contributed by atoms with Crippen LogP contribution in [0.5, 0.6) is 0 Å². The smallest absolute Gasteiger partial charge is 0.0594 e. The summed E-state index contributed by atoms with van der Waals surface area (Å²) in [4.78, 5) is 2.49. The van der Waals surface area contributed by atoms with E-state index in [1.165, 1.54) is 30.9 Å². The first-order chi connectivity index (χ1) is 7.45. The van der Waals surface area contributed by atoms with Crippen molar-refractivity contribution in [1.82, 2.24) is 10.2 Å². The standard InChI is InChI=1S/C11H22N2OS/c1-2-11(10-15-9-1)12-3-4-13-5-7-14-8-6-13/h11-12H,1-10H2. The van der Waals surface area contributed by atoms with Crippen LogP contribution in [-0.2, 0) is 4.74 Å². The highest BCUT2D eigenvalue weighted by atomic mass is 32.2. The molecule has 2 fully saturated rings. The van der Waals surface area contributed by atoms with Crippen LogP contribution in [0.4, 0.5) is 0 Å². The molecule has 2 saturated heterocycles. The maximum absolute atomic E-state index is 5.33. The van der Waals surface area contributed by atoms with Crippen LogP contribution < -0.4 is 5.32 Å². The Kier molecular flexibility index (Phi) is 5.26. The van der Waals surface area contributed by atoms with Crippen LogP contribution >= 0.6 is 11.8 Å². The van der Waals surface area contributed by atoms with E-state index in [0.717, 1.165) is 38.9 Å². The van der Waals surface area contributed by atoms with E-state index >= 15 is 0 Å². The fourth-order valence-electron chi connectivity index (χ4n) is 2.15. The first-order valence-electron chi connectivity index (χ1n) is 6.06. The molecule has 1 atom stereocenters. The summed E-state index contributed by atoms with van der Waals surface area (Å²) < 4.78 is 5.33. The molecule has 0 amide bonds. The topological polar surface area (TPSA) is 24.5 Å². The Morgan fingerprint density at radius 2 is 2.20 bits per heavy atom. The number of thioether (sulfide) groups is 1. The van der Waals surface area contributed by atoms with Crippen molar-refractivity contribution in [3.8, 4) is 0 Å². The average Bonchev–Trinajstić information content (AvgIpc) is 2.32. The molecule has 2 aliphatic rings. The summed E-state index contributed by atoms with van der Waals surface area (Å²) in [6, 6.07) is 0.768. The van der Waals surface area contributed by atoms with Gasteiger partial charge in [-0.1, -0.05) is 0 Å². The molecule has 88 valence electrons. The monoisotopic (exact) mass is 230 g/mol. The third-order valence-corrected chi connectivity index (χ3v) is 4.34. The lowest BCUT2D eigenvalue weighted by Gasteiger charge is -2.28. The summed E-state index contributed by atoms with van der Waals surface area (Å²) in [5, 5.41) is 3.67. The highest BCUT2D eigenvalue weighted by Gasteiger charge is 2.14. The highest BCUT2D eigenvalue weighted by Crippen LogP contribution is 2.16. The van der Waals surface area contributed by atoms with Crippen LogP contribution in [0.15, 0.2) is 0 Å². The van der Waals surface area contributed by atoms with Crippen molar-refractivity contribution in [3.63, 3.8) is 0 Å². The molecule has 0 aromatic rings. The molecule has 4 heteroatoms. The van der Waals surface area contributed by atoms with Crippen LogP contribution in [0.2, 0.25) is 0 Å². The number of ether oxygens (including phenoxy) is 1. The van der Waals surface area contributed by atoms with Crippen molar-refractivity contribution in [1.29, 1.82) is 0 Å². The van der Waals surface area contributed by atoms with Gasteiger partial charge in [0.2, 0.25) is 0 Å². The second-order valence-corrected chi connectivity index (χ2v) is 5.47. The Balaban J connectivity index is 1.53. The molecule has 0 aliphatic carbocycles. The molecule has 15 heavy (non-hydrogen) atoms. The van der Waals surface area contributed by atoms with E-state index in [1.54, 1.807) is 0 Å². The predicted octanol–water partition coefficient (Wildman–Crippen LogP) is 0.804. The fraction of sp³-hybridized carbons (Fsp3) is 1.00. The zero-order valence-corrected chi connectivity index (χ0v) is 10.2. The van der Waals surface area contributed by atoms with E-state index in [1.807, 2.05) is 0 Å². The lowest BCUT2D eigenvalue weighted by atomic mass is 10.2. The van der Waals surface area contributed by atoms with E-state index in [4.69, 9.17) is 4.74 Å². The summed E-state index contributed by atoms with van der Waals surface area (Å²) in [7, 11) is 0. The Labute approximate surface area is 96.9 Å². The zero-order valence-electron chi connectivity index (χ0n) is 9.41. The molecular weight excluding hydrogens is 208 g/mol. The van der Waals surface area contributed by atoms with Crippen molar-refractivity contribution in [2.75, 3.05) is 50.9 Å². The van der Waals surface area contributed by atoms with E-state index in [-0.39, 0.29) is 0 Å². The quantitative estimate of drug-likeness (QED) is 0.772. The molecule has 2 heterocycles. The van der Waals surface area contributed by atoms with Gasteiger partial charge >= 0.3 is 0 Å². The van der Waals surface area contributed by atoms with Crippen LogP contribution in [0.3, 0.4) is 0 Å². The predicted molar refractivity (Wildman–Crippen MR) is 65.6 cm³/mol. The van der Waals surface area contributed by atoms with E-state index in [9.17, 15) is 0 Å². The molecule has 0 saturated carbocycles. The molecule has 0 aromatic heterocycles. The molecular formula is C11H22N2OS. The van der Waals surface area contributed by atoms with Crippen molar-refractivity contribution in [2.24, 2.45) is 0 Å². The maximum Gasteiger partial charge on any atom is 0.0594 e. The van der Waals surface area contributed by atoms with Gasteiger partial charge < -0.3 is 10.1 Å². The normalized spacial score (nSPS) is 29.2. The second kappa shape index (κ2) is 6.74. The van der Waals surface area contributed by atoms with Crippen molar-refractivity contribution in [2.45, 2.75) is 18.9 Å². The zero-order chi connectivity index (χ0) is 10.3. The van der Waals surface area contributed by atoms with Gasteiger partial charge in [-0.2, -0.15) is 11.8 Å². The van der Waals surface area contributed by atoms with Gasteiger partial charge in [-0.25, -0.2) is 0 Å². The van der Waals surface area contributed by atoms with Crippen molar-refractivity contribution >= 4 is 11.8 Å². The highest BCUT2D eigenvalue weighted by molar-refractivity contribution is 7.99. The molecule has 3 nitrogen and oxygen atoms in total. The van der Waals surface area contributed by atoms with Crippen LogP contribution in [-0.4, -0.2) is 61.8 Å². The lowest BCUT2D eigenvalue weighted by molar-refractivity contribution is 0.0382. The van der Waals surface area contributed by atoms with Gasteiger partial charge in [-0.15, -0.1) is 0 Å². The fourth-order valence-corrected chi connectivity index (χ4v) is 3.26. The van der Waals surface area contributed by atoms with Crippen molar-refractivity contribution in [3.05, 3.63) is 0 Å². The molecule has 2 rings (SSSR count). The summed E-state index contributed by atoms with van der Waals surface area (Å²) >= 11 is 2.09. The number of hydrogen-bond acceptors (Lipinski definition) is 4. The van der Waals surface area contributed by atoms with E-state index in [2.05, 4.69) is 22.0 Å². The summed E-state index contributed by atoms with van der Waals surface area (Å²) in [5.74, 6) is 2.67. The molecule has 0 spiro atoms.